The maximum absolute atomic E-state index is 5.54. The molecule has 0 spiro atoms. The summed E-state index contributed by atoms with van der Waals surface area (Å²) in [5, 5.41) is 7.67. The number of anilines is 2. The lowest BCUT2D eigenvalue weighted by molar-refractivity contribution is 0.391. The van der Waals surface area contributed by atoms with Gasteiger partial charge in [-0.15, -0.1) is 0 Å². The quantitative estimate of drug-likeness (QED) is 0.268. The van der Waals surface area contributed by atoms with Crippen LogP contribution in [-0.4, -0.2) is 38.4 Å². The molecule has 0 bridgehead atoms. The fourth-order valence-electron chi connectivity index (χ4n) is 3.66. The standard InChI is InChI=1S/C26H27BrN4O4/c1-32-19-8-5-16(23(12-19)34-3)14-28-25-21-11-18(27)7-10-22(21)30-26(31-25)29-15-17-6-9-20(33-2)13-24(17)35-4/h5-13H,14-15H2,1-4H3,(H2,28,29,30,31). The Morgan fingerprint density at radius 3 is 1.86 bits per heavy atom. The molecule has 0 radical (unpaired) electrons. The Balaban J connectivity index is 1.61. The summed E-state index contributed by atoms with van der Waals surface area (Å²) in [6.07, 6.45) is 0. The van der Waals surface area contributed by atoms with Crippen molar-refractivity contribution in [3.63, 3.8) is 0 Å². The van der Waals surface area contributed by atoms with Gasteiger partial charge in [-0.1, -0.05) is 15.9 Å². The van der Waals surface area contributed by atoms with Gasteiger partial charge in [-0.05, 0) is 42.5 Å². The number of nitrogens with zero attached hydrogens (tertiary/aromatic N) is 2. The molecule has 9 heteroatoms. The number of hydrogen-bond acceptors (Lipinski definition) is 8. The zero-order chi connectivity index (χ0) is 24.8. The summed E-state index contributed by atoms with van der Waals surface area (Å²) < 4.78 is 22.6. The van der Waals surface area contributed by atoms with Crippen molar-refractivity contribution in [2.24, 2.45) is 0 Å². The van der Waals surface area contributed by atoms with Crippen LogP contribution in [0.2, 0.25) is 0 Å². The van der Waals surface area contributed by atoms with Crippen LogP contribution in [0.1, 0.15) is 11.1 Å². The summed E-state index contributed by atoms with van der Waals surface area (Å²) in [7, 11) is 6.54. The van der Waals surface area contributed by atoms with Gasteiger partial charge in [0.1, 0.15) is 28.8 Å². The van der Waals surface area contributed by atoms with Crippen molar-refractivity contribution in [1.29, 1.82) is 0 Å². The van der Waals surface area contributed by atoms with Crippen LogP contribution in [0.4, 0.5) is 11.8 Å². The third-order valence-electron chi connectivity index (χ3n) is 5.53. The van der Waals surface area contributed by atoms with Gasteiger partial charge in [0.2, 0.25) is 5.95 Å². The molecule has 4 aromatic rings. The number of nitrogens with one attached hydrogen (secondary N) is 2. The highest BCUT2D eigenvalue weighted by molar-refractivity contribution is 9.10. The fraction of sp³-hybridized carbons (Fsp3) is 0.231. The lowest BCUT2D eigenvalue weighted by Crippen LogP contribution is -2.09. The second-order valence-electron chi connectivity index (χ2n) is 7.62. The minimum absolute atomic E-state index is 0.487. The number of aromatic nitrogens is 2. The number of methoxy groups -OCH3 is 4. The highest BCUT2D eigenvalue weighted by atomic mass is 79.9. The largest absolute Gasteiger partial charge is 0.497 e. The summed E-state index contributed by atoms with van der Waals surface area (Å²) in [6.45, 7) is 0.998. The first-order valence-corrected chi connectivity index (χ1v) is 11.7. The smallest absolute Gasteiger partial charge is 0.225 e. The van der Waals surface area contributed by atoms with Gasteiger partial charge in [0.05, 0.1) is 34.0 Å². The summed E-state index contributed by atoms with van der Waals surface area (Å²) in [6, 6.07) is 17.4. The molecular formula is C26H27BrN4O4. The Morgan fingerprint density at radius 1 is 0.686 bits per heavy atom. The van der Waals surface area contributed by atoms with E-state index in [9.17, 15) is 0 Å². The Kier molecular flexibility index (Phi) is 7.77. The normalized spacial score (nSPS) is 10.7. The van der Waals surface area contributed by atoms with Crippen molar-refractivity contribution in [2.45, 2.75) is 13.1 Å². The van der Waals surface area contributed by atoms with E-state index in [1.807, 2.05) is 54.6 Å². The first-order chi connectivity index (χ1) is 17.0. The van der Waals surface area contributed by atoms with Gasteiger partial charge < -0.3 is 29.6 Å². The van der Waals surface area contributed by atoms with Crippen LogP contribution in [0.3, 0.4) is 0 Å². The van der Waals surface area contributed by atoms with Crippen molar-refractivity contribution in [2.75, 3.05) is 39.1 Å². The van der Waals surface area contributed by atoms with Crippen molar-refractivity contribution in [3.8, 4) is 23.0 Å². The van der Waals surface area contributed by atoms with Crippen LogP contribution >= 0.6 is 15.9 Å². The molecule has 4 rings (SSSR count). The molecule has 0 saturated heterocycles. The molecular weight excluding hydrogens is 512 g/mol. The average Bonchev–Trinajstić information content (AvgIpc) is 2.90. The van der Waals surface area contributed by atoms with E-state index in [2.05, 4.69) is 26.6 Å². The molecule has 8 nitrogen and oxygen atoms in total. The molecule has 3 aromatic carbocycles. The minimum Gasteiger partial charge on any atom is -0.497 e. The Labute approximate surface area is 212 Å². The van der Waals surface area contributed by atoms with Gasteiger partial charge in [0, 0.05) is 46.2 Å². The van der Waals surface area contributed by atoms with Gasteiger partial charge in [-0.25, -0.2) is 4.98 Å². The number of ether oxygens (including phenoxy) is 4. The van der Waals surface area contributed by atoms with Gasteiger partial charge in [0.15, 0.2) is 0 Å². The summed E-state index contributed by atoms with van der Waals surface area (Å²) in [5.74, 6) is 4.15. The topological polar surface area (TPSA) is 86.8 Å². The first kappa shape index (κ1) is 24.4. The average molecular weight is 539 g/mol. The van der Waals surface area contributed by atoms with Gasteiger partial charge in [-0.2, -0.15) is 4.98 Å². The third kappa shape index (κ3) is 5.68. The van der Waals surface area contributed by atoms with Crippen molar-refractivity contribution in [1.82, 2.24) is 9.97 Å². The molecule has 0 fully saturated rings. The monoisotopic (exact) mass is 538 g/mol. The number of rotatable bonds is 10. The summed E-state index contributed by atoms with van der Waals surface area (Å²) in [4.78, 5) is 9.47. The second-order valence-corrected chi connectivity index (χ2v) is 8.54. The van der Waals surface area contributed by atoms with Gasteiger partial charge >= 0.3 is 0 Å². The number of halogens is 1. The highest BCUT2D eigenvalue weighted by Gasteiger charge is 2.12. The van der Waals surface area contributed by atoms with Crippen molar-refractivity contribution >= 4 is 38.6 Å². The molecule has 0 aliphatic rings. The fourth-order valence-corrected chi connectivity index (χ4v) is 4.02. The Hall–Kier alpha value is -3.72. The molecule has 35 heavy (non-hydrogen) atoms. The Morgan fingerprint density at radius 2 is 1.29 bits per heavy atom. The van der Waals surface area contributed by atoms with Crippen LogP contribution in [0.25, 0.3) is 10.9 Å². The third-order valence-corrected chi connectivity index (χ3v) is 6.02. The van der Waals surface area contributed by atoms with Crippen LogP contribution in [-0.2, 0) is 13.1 Å². The minimum atomic E-state index is 0.487. The Bertz CT molecular complexity index is 1330. The SMILES string of the molecule is COc1ccc(CNc2nc(NCc3ccc(OC)cc3OC)c3cc(Br)ccc3n2)c(OC)c1. The molecule has 0 aliphatic carbocycles. The van der Waals surface area contributed by atoms with E-state index < -0.39 is 0 Å². The van der Waals surface area contributed by atoms with Crippen LogP contribution in [0.5, 0.6) is 23.0 Å². The van der Waals surface area contributed by atoms with E-state index in [1.165, 1.54) is 0 Å². The summed E-state index contributed by atoms with van der Waals surface area (Å²) >= 11 is 3.55. The molecule has 1 aromatic heterocycles. The molecule has 182 valence electrons. The lowest BCUT2D eigenvalue weighted by Gasteiger charge is -2.15. The number of hydrogen-bond donors (Lipinski definition) is 2. The zero-order valence-electron chi connectivity index (χ0n) is 20.0. The van der Waals surface area contributed by atoms with Crippen LogP contribution < -0.4 is 29.6 Å². The predicted molar refractivity (Wildman–Crippen MR) is 141 cm³/mol. The van der Waals surface area contributed by atoms with E-state index in [1.54, 1.807) is 28.4 Å². The maximum Gasteiger partial charge on any atom is 0.225 e. The maximum atomic E-state index is 5.54. The van der Waals surface area contributed by atoms with Crippen LogP contribution in [0.15, 0.2) is 59.1 Å². The van der Waals surface area contributed by atoms with Crippen LogP contribution in [0, 0.1) is 0 Å². The molecule has 0 atom stereocenters. The molecule has 0 amide bonds. The van der Waals surface area contributed by atoms with Gasteiger partial charge in [0.25, 0.3) is 0 Å². The van der Waals surface area contributed by atoms with E-state index in [0.29, 0.717) is 24.9 Å². The molecule has 0 aliphatic heterocycles. The molecule has 1 heterocycles. The molecule has 0 saturated carbocycles. The van der Waals surface area contributed by atoms with E-state index in [4.69, 9.17) is 28.9 Å². The summed E-state index contributed by atoms with van der Waals surface area (Å²) in [5.41, 5.74) is 2.76. The predicted octanol–water partition coefficient (Wildman–Crippen LogP) is 5.65. The second kappa shape index (κ2) is 11.1. The first-order valence-electron chi connectivity index (χ1n) is 10.9. The number of benzene rings is 3. The van der Waals surface area contributed by atoms with Crippen molar-refractivity contribution in [3.05, 3.63) is 70.2 Å². The number of fused-ring (bicyclic) bond motifs is 1. The highest BCUT2D eigenvalue weighted by Crippen LogP contribution is 2.30. The van der Waals surface area contributed by atoms with Crippen molar-refractivity contribution < 1.29 is 18.9 Å². The molecule has 2 N–H and O–H groups in total. The lowest BCUT2D eigenvalue weighted by atomic mass is 10.1. The zero-order valence-corrected chi connectivity index (χ0v) is 21.6. The van der Waals surface area contributed by atoms with Gasteiger partial charge in [-0.3, -0.25) is 0 Å². The van der Waals surface area contributed by atoms with E-state index in [0.717, 1.165) is 49.5 Å². The van der Waals surface area contributed by atoms with E-state index in [-0.39, 0.29) is 0 Å². The molecule has 0 unspecified atom stereocenters. The van der Waals surface area contributed by atoms with E-state index >= 15 is 0 Å².